The highest BCUT2D eigenvalue weighted by Gasteiger charge is 2.22. The van der Waals surface area contributed by atoms with E-state index in [4.69, 9.17) is 0 Å². The minimum Gasteiger partial charge on any atom is -0.325 e. The number of anilines is 1. The summed E-state index contributed by atoms with van der Waals surface area (Å²) in [5.41, 5.74) is 2.97. The number of hydrogen-bond acceptors (Lipinski definition) is 2. The molecule has 1 aliphatic rings. The number of hydrogen-bond donors (Lipinski definition) is 1. The van der Waals surface area contributed by atoms with Crippen molar-refractivity contribution in [1.82, 2.24) is 4.98 Å². The van der Waals surface area contributed by atoms with E-state index >= 15 is 0 Å². The number of nitrogens with zero attached hydrogens (tertiary/aromatic N) is 1. The van der Waals surface area contributed by atoms with Crippen LogP contribution in [0.25, 0.3) is 11.1 Å². The quantitative estimate of drug-likeness (QED) is 0.722. The zero-order chi connectivity index (χ0) is 12.7. The Balaban J connectivity index is 2.35. The molecular weight excluding hydrogens is 231 g/mol. The van der Waals surface area contributed by atoms with Gasteiger partial charge in [-0.3, -0.25) is 4.79 Å². The van der Waals surface area contributed by atoms with Gasteiger partial charge in [-0.1, -0.05) is 24.3 Å². The van der Waals surface area contributed by atoms with Gasteiger partial charge in [0.2, 0.25) is 11.9 Å². The van der Waals surface area contributed by atoms with Gasteiger partial charge in [0.05, 0.1) is 17.7 Å². The first kappa shape index (κ1) is 10.9. The third-order valence-corrected chi connectivity index (χ3v) is 3.02. The van der Waals surface area contributed by atoms with E-state index in [1.807, 2.05) is 24.3 Å². The first-order valence-corrected chi connectivity index (χ1v) is 5.70. The maximum Gasteiger partial charge on any atom is 0.228 e. The second-order valence-corrected chi connectivity index (χ2v) is 4.36. The Hall–Kier alpha value is -2.23. The number of carbonyl (C=O) groups is 1. The molecule has 3 rings (SSSR count). The van der Waals surface area contributed by atoms with Gasteiger partial charge in [0.1, 0.15) is 0 Å². The van der Waals surface area contributed by atoms with E-state index in [1.54, 1.807) is 13.0 Å². The molecule has 0 fully saturated rings. The summed E-state index contributed by atoms with van der Waals surface area (Å²) in [5, 5.41) is 2.73. The van der Waals surface area contributed by atoms with Crippen molar-refractivity contribution in [2.75, 3.05) is 5.32 Å². The highest BCUT2D eigenvalue weighted by atomic mass is 19.1. The topological polar surface area (TPSA) is 42.0 Å². The summed E-state index contributed by atoms with van der Waals surface area (Å²) in [7, 11) is 0. The van der Waals surface area contributed by atoms with Crippen LogP contribution in [0.1, 0.15) is 11.3 Å². The van der Waals surface area contributed by atoms with Gasteiger partial charge >= 0.3 is 0 Å². The Morgan fingerprint density at radius 1 is 1.33 bits per heavy atom. The minimum atomic E-state index is -0.542. The normalized spacial score (nSPS) is 13.3. The van der Waals surface area contributed by atoms with Crippen molar-refractivity contribution in [2.24, 2.45) is 0 Å². The highest BCUT2D eigenvalue weighted by molar-refractivity contribution is 6.00. The molecule has 2 aromatic rings. The molecule has 1 aromatic carbocycles. The standard InChI is InChI=1S/C14H11FN2O/c1-8-6-11-13(14(15)16-8)10-5-3-2-4-9(10)7-12(18)17-11/h2-6H,7H2,1H3,(H,17,18). The van der Waals surface area contributed by atoms with Gasteiger partial charge < -0.3 is 5.32 Å². The molecule has 2 heterocycles. The van der Waals surface area contributed by atoms with Gasteiger partial charge in [-0.15, -0.1) is 0 Å². The highest BCUT2D eigenvalue weighted by Crippen LogP contribution is 2.35. The molecule has 4 heteroatoms. The van der Waals surface area contributed by atoms with E-state index in [9.17, 15) is 9.18 Å². The molecule has 1 aromatic heterocycles. The molecule has 3 nitrogen and oxygen atoms in total. The molecule has 0 unspecified atom stereocenters. The number of halogens is 1. The van der Waals surface area contributed by atoms with E-state index in [-0.39, 0.29) is 12.3 Å². The van der Waals surface area contributed by atoms with E-state index in [0.29, 0.717) is 16.9 Å². The first-order valence-electron chi connectivity index (χ1n) is 5.70. The Kier molecular flexibility index (Phi) is 2.37. The average molecular weight is 242 g/mol. The van der Waals surface area contributed by atoms with Crippen molar-refractivity contribution in [2.45, 2.75) is 13.3 Å². The molecule has 0 bridgehead atoms. The summed E-state index contributed by atoms with van der Waals surface area (Å²) < 4.78 is 14.1. The van der Waals surface area contributed by atoms with Crippen molar-refractivity contribution in [3.63, 3.8) is 0 Å². The SMILES string of the molecule is Cc1cc2c(c(F)n1)-c1ccccc1CC(=O)N2. The van der Waals surface area contributed by atoms with Crippen molar-refractivity contribution in [3.05, 3.63) is 47.5 Å². The second-order valence-electron chi connectivity index (χ2n) is 4.36. The van der Waals surface area contributed by atoms with Crippen LogP contribution < -0.4 is 5.32 Å². The maximum atomic E-state index is 14.1. The number of amides is 1. The molecule has 0 atom stereocenters. The molecule has 0 saturated heterocycles. The van der Waals surface area contributed by atoms with Crippen molar-refractivity contribution >= 4 is 11.6 Å². The molecule has 0 saturated carbocycles. The lowest BCUT2D eigenvalue weighted by Crippen LogP contribution is -2.13. The summed E-state index contributed by atoms with van der Waals surface area (Å²) in [5.74, 6) is -0.675. The molecule has 0 spiro atoms. The monoisotopic (exact) mass is 242 g/mol. The van der Waals surface area contributed by atoms with Gasteiger partial charge in [-0.05, 0) is 24.1 Å². The smallest absolute Gasteiger partial charge is 0.228 e. The second kappa shape index (κ2) is 3.91. The first-order chi connectivity index (χ1) is 8.65. The fourth-order valence-electron chi connectivity index (χ4n) is 2.28. The summed E-state index contributed by atoms with van der Waals surface area (Å²) in [4.78, 5) is 15.6. The van der Waals surface area contributed by atoms with E-state index in [0.717, 1.165) is 11.1 Å². The Bertz CT molecular complexity index is 652. The van der Waals surface area contributed by atoms with Crippen LogP contribution in [0.2, 0.25) is 0 Å². The van der Waals surface area contributed by atoms with Crippen molar-refractivity contribution in [3.8, 4) is 11.1 Å². The van der Waals surface area contributed by atoms with Gasteiger partial charge in [0.15, 0.2) is 0 Å². The third kappa shape index (κ3) is 1.66. The van der Waals surface area contributed by atoms with E-state index in [1.165, 1.54) is 0 Å². The maximum absolute atomic E-state index is 14.1. The fourth-order valence-corrected chi connectivity index (χ4v) is 2.28. The number of benzene rings is 1. The Morgan fingerprint density at radius 2 is 2.11 bits per heavy atom. The number of pyridine rings is 1. The molecule has 1 amide bonds. The van der Waals surface area contributed by atoms with Crippen LogP contribution in [-0.2, 0) is 11.2 Å². The number of aryl methyl sites for hydroxylation is 1. The van der Waals surface area contributed by atoms with Gasteiger partial charge in [0.25, 0.3) is 0 Å². The Morgan fingerprint density at radius 3 is 2.94 bits per heavy atom. The van der Waals surface area contributed by atoms with Crippen LogP contribution in [0.15, 0.2) is 30.3 Å². The zero-order valence-corrected chi connectivity index (χ0v) is 9.83. The lowest BCUT2D eigenvalue weighted by molar-refractivity contribution is -0.115. The average Bonchev–Trinajstić information content (AvgIpc) is 2.43. The molecule has 0 aliphatic carbocycles. The predicted octanol–water partition coefficient (Wildman–Crippen LogP) is 2.69. The third-order valence-electron chi connectivity index (χ3n) is 3.02. The molecule has 0 radical (unpaired) electrons. The number of nitrogens with one attached hydrogen (secondary N) is 1. The summed E-state index contributed by atoms with van der Waals surface area (Å²) in [6.07, 6.45) is 0.253. The zero-order valence-electron chi connectivity index (χ0n) is 9.83. The molecule has 1 aliphatic heterocycles. The van der Waals surface area contributed by atoms with E-state index in [2.05, 4.69) is 10.3 Å². The summed E-state index contributed by atoms with van der Waals surface area (Å²) in [6, 6.07) is 9.02. The number of rotatable bonds is 0. The lowest BCUT2D eigenvalue weighted by Gasteiger charge is -2.10. The van der Waals surface area contributed by atoms with Crippen LogP contribution in [0.4, 0.5) is 10.1 Å². The summed E-state index contributed by atoms with van der Waals surface area (Å²) in [6.45, 7) is 1.70. The van der Waals surface area contributed by atoms with E-state index < -0.39 is 5.95 Å². The van der Waals surface area contributed by atoms with Crippen LogP contribution in [0, 0.1) is 12.9 Å². The summed E-state index contributed by atoms with van der Waals surface area (Å²) >= 11 is 0. The van der Waals surface area contributed by atoms with Crippen molar-refractivity contribution < 1.29 is 9.18 Å². The number of fused-ring (bicyclic) bond motifs is 3. The largest absolute Gasteiger partial charge is 0.325 e. The van der Waals surface area contributed by atoms with Gasteiger partial charge in [0, 0.05) is 5.69 Å². The molecule has 18 heavy (non-hydrogen) atoms. The number of carbonyl (C=O) groups excluding carboxylic acids is 1. The molecular formula is C14H11FN2O. The molecule has 1 N–H and O–H groups in total. The minimum absolute atomic E-state index is 0.133. The fraction of sp³-hybridized carbons (Fsp3) is 0.143. The Labute approximate surface area is 104 Å². The predicted molar refractivity (Wildman–Crippen MR) is 66.7 cm³/mol. The lowest BCUT2D eigenvalue weighted by atomic mass is 9.99. The van der Waals surface area contributed by atoms with Crippen molar-refractivity contribution in [1.29, 1.82) is 0 Å². The number of aromatic nitrogens is 1. The van der Waals surface area contributed by atoms with Gasteiger partial charge in [-0.2, -0.15) is 4.39 Å². The molecule has 90 valence electrons. The van der Waals surface area contributed by atoms with Crippen LogP contribution in [0.3, 0.4) is 0 Å². The van der Waals surface area contributed by atoms with Crippen LogP contribution in [-0.4, -0.2) is 10.9 Å². The van der Waals surface area contributed by atoms with Gasteiger partial charge in [-0.25, -0.2) is 4.98 Å². The van der Waals surface area contributed by atoms with Crippen LogP contribution in [0.5, 0.6) is 0 Å². The van der Waals surface area contributed by atoms with Crippen LogP contribution >= 0.6 is 0 Å².